The van der Waals surface area contributed by atoms with E-state index in [4.69, 9.17) is 26.5 Å². The van der Waals surface area contributed by atoms with Crippen LogP contribution in [0.15, 0.2) is 52.9 Å². The maximum absolute atomic E-state index is 11.0. The zero-order valence-electron chi connectivity index (χ0n) is 11.9. The van der Waals surface area contributed by atoms with E-state index in [-0.39, 0.29) is 11.8 Å². The van der Waals surface area contributed by atoms with Crippen LogP contribution < -0.4 is 10.5 Å². The van der Waals surface area contributed by atoms with Gasteiger partial charge in [-0.3, -0.25) is 4.79 Å². The lowest BCUT2D eigenvalue weighted by Crippen LogP contribution is -2.10. The molecule has 0 fully saturated rings. The van der Waals surface area contributed by atoms with Crippen LogP contribution in [0.5, 0.6) is 5.75 Å². The molecule has 116 valence electrons. The number of rotatable bonds is 5. The first-order valence-electron chi connectivity index (χ1n) is 6.73. The molecule has 0 unspecified atom stereocenters. The van der Waals surface area contributed by atoms with Crippen molar-refractivity contribution in [3.8, 4) is 17.2 Å². The third-order valence-corrected chi connectivity index (χ3v) is 3.35. The van der Waals surface area contributed by atoms with Crippen molar-refractivity contribution in [1.82, 2.24) is 10.2 Å². The maximum Gasteiger partial charge on any atom is 0.306 e. The van der Waals surface area contributed by atoms with Gasteiger partial charge in [-0.15, -0.1) is 10.2 Å². The van der Waals surface area contributed by atoms with Crippen molar-refractivity contribution in [1.29, 1.82) is 0 Å². The fourth-order valence-electron chi connectivity index (χ4n) is 1.93. The molecule has 0 aliphatic carbocycles. The number of hydrogen-bond donors (Lipinski definition) is 1. The highest BCUT2D eigenvalue weighted by Crippen LogP contribution is 2.30. The summed E-state index contributed by atoms with van der Waals surface area (Å²) in [6, 6.07) is 14.8. The number of nitrogens with zero attached hydrogens (tertiary/aromatic N) is 2. The van der Waals surface area contributed by atoms with Crippen LogP contribution in [-0.2, 0) is 6.61 Å². The number of aromatic nitrogens is 2. The highest BCUT2D eigenvalue weighted by molar-refractivity contribution is 6.32. The third kappa shape index (κ3) is 3.49. The molecule has 6 nitrogen and oxygen atoms in total. The van der Waals surface area contributed by atoms with Gasteiger partial charge < -0.3 is 14.9 Å². The summed E-state index contributed by atoms with van der Waals surface area (Å²) in [5.41, 5.74) is 6.68. The number of benzene rings is 2. The number of hydrogen-bond acceptors (Lipinski definition) is 5. The number of nitrogens with two attached hydrogens (primary N) is 1. The van der Waals surface area contributed by atoms with Crippen molar-refractivity contribution in [3.05, 3.63) is 65.0 Å². The molecule has 7 heteroatoms. The van der Waals surface area contributed by atoms with E-state index in [0.717, 1.165) is 5.56 Å². The van der Waals surface area contributed by atoms with Crippen LogP contribution in [0.3, 0.4) is 0 Å². The molecule has 0 saturated heterocycles. The second kappa shape index (κ2) is 6.50. The standard InChI is InChI=1S/C16H12ClN3O3/c17-12-8-11(15-19-20-16(23-15)14(18)21)6-7-13(12)22-9-10-4-2-1-3-5-10/h1-8H,9H2,(H2,18,21). The van der Waals surface area contributed by atoms with Gasteiger partial charge in [0, 0.05) is 5.56 Å². The number of carbonyl (C=O) groups is 1. The maximum atomic E-state index is 11.0. The van der Waals surface area contributed by atoms with E-state index in [0.29, 0.717) is 22.9 Å². The summed E-state index contributed by atoms with van der Waals surface area (Å²) in [7, 11) is 0. The fraction of sp³-hybridized carbons (Fsp3) is 0.0625. The largest absolute Gasteiger partial charge is 0.487 e. The molecule has 0 atom stereocenters. The van der Waals surface area contributed by atoms with Crippen molar-refractivity contribution >= 4 is 17.5 Å². The van der Waals surface area contributed by atoms with Gasteiger partial charge in [0.25, 0.3) is 0 Å². The summed E-state index contributed by atoms with van der Waals surface area (Å²) in [6.07, 6.45) is 0. The predicted molar refractivity (Wildman–Crippen MR) is 84.0 cm³/mol. The molecule has 1 heterocycles. The van der Waals surface area contributed by atoms with Gasteiger partial charge in [-0.05, 0) is 23.8 Å². The molecule has 0 aliphatic heterocycles. The van der Waals surface area contributed by atoms with Gasteiger partial charge >= 0.3 is 11.8 Å². The Balaban J connectivity index is 1.76. The molecule has 1 amide bonds. The highest BCUT2D eigenvalue weighted by Gasteiger charge is 2.14. The molecule has 1 aromatic heterocycles. The topological polar surface area (TPSA) is 91.2 Å². The molecule has 2 aromatic carbocycles. The summed E-state index contributed by atoms with van der Waals surface area (Å²) >= 11 is 6.21. The first-order chi connectivity index (χ1) is 11.1. The first-order valence-corrected chi connectivity index (χ1v) is 7.11. The number of carbonyl (C=O) groups excluding carboxylic acids is 1. The Morgan fingerprint density at radius 3 is 2.61 bits per heavy atom. The quantitative estimate of drug-likeness (QED) is 0.776. The van der Waals surface area contributed by atoms with Gasteiger partial charge in [-0.2, -0.15) is 0 Å². The third-order valence-electron chi connectivity index (χ3n) is 3.05. The average Bonchev–Trinajstić information content (AvgIpc) is 3.05. The van der Waals surface area contributed by atoms with Crippen molar-refractivity contribution in [2.45, 2.75) is 6.61 Å². The minimum absolute atomic E-state index is 0.162. The Labute approximate surface area is 136 Å². The molecular weight excluding hydrogens is 318 g/mol. The van der Waals surface area contributed by atoms with Gasteiger partial charge in [-0.1, -0.05) is 41.9 Å². The summed E-state index contributed by atoms with van der Waals surface area (Å²) in [6.45, 7) is 0.409. The minimum Gasteiger partial charge on any atom is -0.487 e. The highest BCUT2D eigenvalue weighted by atomic mass is 35.5. The van der Waals surface area contributed by atoms with Crippen molar-refractivity contribution in [2.24, 2.45) is 5.73 Å². The molecular formula is C16H12ClN3O3. The van der Waals surface area contributed by atoms with E-state index < -0.39 is 5.91 Å². The van der Waals surface area contributed by atoms with Crippen molar-refractivity contribution in [2.75, 3.05) is 0 Å². The number of amides is 1. The fourth-order valence-corrected chi connectivity index (χ4v) is 2.16. The molecule has 0 spiro atoms. The van der Waals surface area contributed by atoms with E-state index in [1.165, 1.54) is 0 Å². The zero-order chi connectivity index (χ0) is 16.2. The molecule has 0 radical (unpaired) electrons. The zero-order valence-corrected chi connectivity index (χ0v) is 12.7. The van der Waals surface area contributed by atoms with Gasteiger partial charge in [0.2, 0.25) is 5.89 Å². The predicted octanol–water partition coefficient (Wildman–Crippen LogP) is 3.07. The molecule has 0 saturated carbocycles. The van der Waals surface area contributed by atoms with Crippen LogP contribution in [0.25, 0.3) is 11.5 Å². The Morgan fingerprint density at radius 1 is 1.17 bits per heavy atom. The number of primary amides is 1. The van der Waals surface area contributed by atoms with Gasteiger partial charge in [0.15, 0.2) is 0 Å². The van der Waals surface area contributed by atoms with Crippen LogP contribution in [0.4, 0.5) is 0 Å². The van der Waals surface area contributed by atoms with Crippen LogP contribution in [0.2, 0.25) is 5.02 Å². The van der Waals surface area contributed by atoms with E-state index in [9.17, 15) is 4.79 Å². The summed E-state index contributed by atoms with van der Waals surface area (Å²) < 4.78 is 10.8. The van der Waals surface area contributed by atoms with E-state index in [1.54, 1.807) is 18.2 Å². The van der Waals surface area contributed by atoms with Crippen LogP contribution in [0, 0.1) is 0 Å². The van der Waals surface area contributed by atoms with E-state index in [1.807, 2.05) is 30.3 Å². The van der Waals surface area contributed by atoms with Crippen molar-refractivity contribution < 1.29 is 13.9 Å². The Bertz CT molecular complexity index is 834. The number of ether oxygens (including phenoxy) is 1. The van der Waals surface area contributed by atoms with Gasteiger partial charge in [0.05, 0.1) is 5.02 Å². The second-order valence-corrected chi connectivity index (χ2v) is 5.10. The molecule has 23 heavy (non-hydrogen) atoms. The van der Waals surface area contributed by atoms with Crippen LogP contribution >= 0.6 is 11.6 Å². The average molecular weight is 330 g/mol. The molecule has 3 rings (SSSR count). The second-order valence-electron chi connectivity index (χ2n) is 4.70. The molecule has 3 aromatic rings. The lowest BCUT2D eigenvalue weighted by atomic mass is 10.2. The normalized spacial score (nSPS) is 10.5. The van der Waals surface area contributed by atoms with E-state index in [2.05, 4.69) is 10.2 Å². The van der Waals surface area contributed by atoms with Crippen LogP contribution in [-0.4, -0.2) is 16.1 Å². The lowest BCUT2D eigenvalue weighted by Gasteiger charge is -2.08. The summed E-state index contributed by atoms with van der Waals surface area (Å²) in [5.74, 6) is -0.331. The van der Waals surface area contributed by atoms with Gasteiger partial charge in [0.1, 0.15) is 12.4 Å². The first kappa shape index (κ1) is 15.1. The molecule has 0 aliphatic rings. The number of halogens is 1. The molecule has 2 N–H and O–H groups in total. The van der Waals surface area contributed by atoms with Crippen LogP contribution in [0.1, 0.15) is 16.2 Å². The van der Waals surface area contributed by atoms with E-state index >= 15 is 0 Å². The Hall–Kier alpha value is -2.86. The summed E-state index contributed by atoms with van der Waals surface area (Å²) in [4.78, 5) is 11.0. The minimum atomic E-state index is -0.780. The Kier molecular flexibility index (Phi) is 4.25. The van der Waals surface area contributed by atoms with Crippen molar-refractivity contribution in [3.63, 3.8) is 0 Å². The Morgan fingerprint density at radius 2 is 1.96 bits per heavy atom. The SMILES string of the molecule is NC(=O)c1nnc(-c2ccc(OCc3ccccc3)c(Cl)c2)o1. The smallest absolute Gasteiger partial charge is 0.306 e. The summed E-state index contributed by atoms with van der Waals surface area (Å²) in [5, 5.41) is 7.71. The monoisotopic (exact) mass is 329 g/mol. The lowest BCUT2D eigenvalue weighted by molar-refractivity contribution is 0.0968. The molecule has 0 bridgehead atoms. The van der Waals surface area contributed by atoms with Gasteiger partial charge in [-0.25, -0.2) is 0 Å².